The molecule has 0 amide bonds. The minimum absolute atomic E-state index is 0.0834. The van der Waals surface area contributed by atoms with Gasteiger partial charge in [0.05, 0.1) is 19.0 Å². The van der Waals surface area contributed by atoms with Crippen LogP contribution in [-0.4, -0.2) is 20.5 Å². The number of halogens is 2. The van der Waals surface area contributed by atoms with Gasteiger partial charge in [0.1, 0.15) is 10.6 Å². The molecule has 0 saturated carbocycles. The Morgan fingerprint density at radius 1 is 1.12 bits per heavy atom. The Morgan fingerprint density at radius 3 is 2.50 bits per heavy atom. The number of hydrogen-bond donors (Lipinski definition) is 1. The number of ether oxygens (including phenoxy) is 1. The van der Waals surface area contributed by atoms with Crippen molar-refractivity contribution in [3.8, 4) is 17.1 Å². The fraction of sp³-hybridized carbons (Fsp3) is 0.118. The molecule has 0 aliphatic heterocycles. The Balaban J connectivity index is 2.03. The van der Waals surface area contributed by atoms with Crippen LogP contribution in [0.15, 0.2) is 51.9 Å². The van der Waals surface area contributed by atoms with Crippen molar-refractivity contribution in [1.29, 1.82) is 0 Å². The van der Waals surface area contributed by atoms with Crippen molar-refractivity contribution in [3.63, 3.8) is 0 Å². The van der Waals surface area contributed by atoms with Crippen LogP contribution in [0.1, 0.15) is 5.89 Å². The minimum atomic E-state index is -4.14. The van der Waals surface area contributed by atoms with E-state index in [9.17, 15) is 17.2 Å². The maximum absolute atomic E-state index is 13.3. The first-order chi connectivity index (χ1) is 12.3. The van der Waals surface area contributed by atoms with E-state index >= 15 is 0 Å². The molecule has 3 aromatic rings. The highest BCUT2D eigenvalue weighted by molar-refractivity contribution is 7.92. The topological polar surface area (TPSA) is 81.4 Å². The summed E-state index contributed by atoms with van der Waals surface area (Å²) in [6.45, 7) is 1.66. The Morgan fingerprint density at radius 2 is 1.88 bits per heavy atom. The summed E-state index contributed by atoms with van der Waals surface area (Å²) in [5.41, 5.74) is 0.351. The highest BCUT2D eigenvalue weighted by Gasteiger charge is 2.22. The first-order valence-corrected chi connectivity index (χ1v) is 8.87. The van der Waals surface area contributed by atoms with Crippen LogP contribution in [0.4, 0.5) is 14.5 Å². The molecular formula is C17H14F2N2O4S. The molecule has 0 aliphatic carbocycles. The van der Waals surface area contributed by atoms with Crippen LogP contribution in [0.2, 0.25) is 0 Å². The second-order valence-corrected chi connectivity index (χ2v) is 6.99. The van der Waals surface area contributed by atoms with Crippen molar-refractivity contribution in [3.05, 3.63) is 60.1 Å². The predicted octanol–water partition coefficient (Wildman–Crippen LogP) is 3.74. The Hall–Kier alpha value is -2.94. The van der Waals surface area contributed by atoms with Gasteiger partial charge in [0, 0.05) is 18.6 Å². The van der Waals surface area contributed by atoms with Gasteiger partial charge in [0.15, 0.2) is 23.3 Å². The third-order valence-corrected chi connectivity index (χ3v) is 4.93. The molecule has 0 bridgehead atoms. The molecule has 9 heteroatoms. The maximum Gasteiger partial charge on any atom is 0.265 e. The molecule has 1 N–H and O–H groups in total. The van der Waals surface area contributed by atoms with E-state index in [2.05, 4.69) is 9.71 Å². The number of rotatable bonds is 5. The molecule has 1 heterocycles. The van der Waals surface area contributed by atoms with E-state index in [1.807, 2.05) is 0 Å². The van der Waals surface area contributed by atoms with Crippen molar-refractivity contribution < 1.29 is 26.4 Å². The van der Waals surface area contributed by atoms with E-state index in [0.717, 1.165) is 18.2 Å². The van der Waals surface area contributed by atoms with Gasteiger partial charge in [-0.1, -0.05) is 0 Å². The lowest BCUT2D eigenvalue weighted by atomic mass is 10.2. The molecule has 1 aromatic heterocycles. The second-order valence-electron chi connectivity index (χ2n) is 5.34. The highest BCUT2D eigenvalue weighted by atomic mass is 32.2. The van der Waals surface area contributed by atoms with Crippen molar-refractivity contribution in [2.45, 2.75) is 11.8 Å². The summed E-state index contributed by atoms with van der Waals surface area (Å²) in [5.74, 6) is -1.34. The van der Waals surface area contributed by atoms with Gasteiger partial charge in [-0.2, -0.15) is 0 Å². The van der Waals surface area contributed by atoms with Crippen LogP contribution in [0.25, 0.3) is 11.3 Å². The minimum Gasteiger partial charge on any atom is -0.495 e. The summed E-state index contributed by atoms with van der Waals surface area (Å²) in [4.78, 5) is 3.79. The summed E-state index contributed by atoms with van der Waals surface area (Å²) in [6.07, 6.45) is 1.47. The predicted molar refractivity (Wildman–Crippen MR) is 90.4 cm³/mol. The van der Waals surface area contributed by atoms with Gasteiger partial charge in [-0.25, -0.2) is 22.2 Å². The van der Waals surface area contributed by atoms with Crippen molar-refractivity contribution in [2.24, 2.45) is 0 Å². The van der Waals surface area contributed by atoms with Gasteiger partial charge in [0.25, 0.3) is 10.0 Å². The highest BCUT2D eigenvalue weighted by Crippen LogP contribution is 2.31. The van der Waals surface area contributed by atoms with Crippen molar-refractivity contribution in [1.82, 2.24) is 4.98 Å². The van der Waals surface area contributed by atoms with Crippen LogP contribution in [0, 0.1) is 18.6 Å². The van der Waals surface area contributed by atoms with E-state index in [-0.39, 0.29) is 16.3 Å². The molecular weight excluding hydrogens is 366 g/mol. The number of nitrogens with one attached hydrogen (secondary N) is 1. The molecule has 2 aromatic carbocycles. The molecule has 0 spiro atoms. The molecule has 0 radical (unpaired) electrons. The largest absolute Gasteiger partial charge is 0.495 e. The number of nitrogens with zero attached hydrogens (tertiary/aromatic N) is 1. The average Bonchev–Trinajstić information content (AvgIpc) is 3.04. The van der Waals surface area contributed by atoms with Crippen molar-refractivity contribution in [2.75, 3.05) is 11.8 Å². The summed E-state index contributed by atoms with van der Waals surface area (Å²) in [5, 5.41) is 0. The zero-order chi connectivity index (χ0) is 18.9. The molecule has 3 rings (SSSR count). The quantitative estimate of drug-likeness (QED) is 0.729. The first-order valence-electron chi connectivity index (χ1n) is 7.39. The van der Waals surface area contributed by atoms with Crippen molar-refractivity contribution >= 4 is 15.7 Å². The maximum atomic E-state index is 13.3. The number of benzene rings is 2. The fourth-order valence-corrected chi connectivity index (χ4v) is 3.55. The lowest BCUT2D eigenvalue weighted by molar-refractivity contribution is 0.403. The zero-order valence-corrected chi connectivity index (χ0v) is 14.6. The SMILES string of the molecule is COc1ccc(-c2cnc(C)o2)cc1S(=O)(=O)Nc1ccc(F)c(F)c1. The Bertz CT molecular complexity index is 1060. The molecule has 0 saturated heterocycles. The molecule has 26 heavy (non-hydrogen) atoms. The third-order valence-electron chi connectivity index (χ3n) is 3.53. The van der Waals surface area contributed by atoms with Gasteiger partial charge in [0.2, 0.25) is 0 Å². The number of aryl methyl sites for hydroxylation is 1. The monoisotopic (exact) mass is 380 g/mol. The van der Waals surface area contributed by atoms with Gasteiger partial charge >= 0.3 is 0 Å². The number of sulfonamides is 1. The van der Waals surface area contributed by atoms with Crippen LogP contribution in [0.3, 0.4) is 0 Å². The Kier molecular flexibility index (Phi) is 4.64. The average molecular weight is 380 g/mol. The van der Waals surface area contributed by atoms with E-state index in [1.165, 1.54) is 25.4 Å². The molecule has 6 nitrogen and oxygen atoms in total. The lowest BCUT2D eigenvalue weighted by Crippen LogP contribution is -2.14. The molecule has 0 atom stereocenters. The van der Waals surface area contributed by atoms with Gasteiger partial charge in [-0.15, -0.1) is 0 Å². The van der Waals surface area contributed by atoms with E-state index in [1.54, 1.807) is 13.0 Å². The normalized spacial score (nSPS) is 11.4. The van der Waals surface area contributed by atoms with Gasteiger partial charge in [-0.05, 0) is 30.3 Å². The number of methoxy groups -OCH3 is 1. The van der Waals surface area contributed by atoms with Crippen LogP contribution < -0.4 is 9.46 Å². The smallest absolute Gasteiger partial charge is 0.265 e. The lowest BCUT2D eigenvalue weighted by Gasteiger charge is -2.13. The molecule has 0 fully saturated rings. The number of hydrogen-bond acceptors (Lipinski definition) is 5. The molecule has 0 unspecified atom stereocenters. The third kappa shape index (κ3) is 3.52. The van der Waals surface area contributed by atoms with Crippen LogP contribution >= 0.6 is 0 Å². The number of oxazole rings is 1. The zero-order valence-electron chi connectivity index (χ0n) is 13.8. The number of aromatic nitrogens is 1. The van der Waals surface area contributed by atoms with Crippen LogP contribution in [-0.2, 0) is 10.0 Å². The second kappa shape index (κ2) is 6.75. The van der Waals surface area contributed by atoms with Gasteiger partial charge < -0.3 is 9.15 Å². The summed E-state index contributed by atoms with van der Waals surface area (Å²) in [7, 11) is -2.81. The van der Waals surface area contributed by atoms with E-state index in [4.69, 9.17) is 9.15 Å². The molecule has 0 aliphatic rings. The summed E-state index contributed by atoms with van der Waals surface area (Å²) >= 11 is 0. The van der Waals surface area contributed by atoms with E-state index in [0.29, 0.717) is 17.2 Å². The first kappa shape index (κ1) is 17.9. The summed E-state index contributed by atoms with van der Waals surface area (Å²) < 4.78 is 64.5. The molecule has 136 valence electrons. The van der Waals surface area contributed by atoms with E-state index < -0.39 is 21.7 Å². The van der Waals surface area contributed by atoms with Gasteiger partial charge in [-0.3, -0.25) is 4.72 Å². The van der Waals surface area contributed by atoms with Crippen LogP contribution in [0.5, 0.6) is 5.75 Å². The fourth-order valence-electron chi connectivity index (χ4n) is 2.30. The number of anilines is 1. The standard InChI is InChI=1S/C17H14F2N2O4S/c1-10-20-9-16(25-10)11-3-6-15(24-2)17(7-11)26(22,23)21-12-4-5-13(18)14(19)8-12/h3-9,21H,1-2H3. The summed E-state index contributed by atoms with van der Waals surface area (Å²) in [6, 6.07) is 7.14. The Labute approximate surface area is 148 Å².